The summed E-state index contributed by atoms with van der Waals surface area (Å²) in [6.07, 6.45) is -6.46. The average molecular weight is 737 g/mol. The van der Waals surface area contributed by atoms with Crippen molar-refractivity contribution >= 4 is 0 Å². The number of hydrogen-bond donors (Lipinski definition) is 0. The fourth-order valence-corrected chi connectivity index (χ4v) is 10.9. The number of fused-ring (bicyclic) bond motifs is 2. The molecule has 8 nitrogen and oxygen atoms in total. The highest BCUT2D eigenvalue weighted by Crippen LogP contribution is 2.62. The minimum absolute atomic E-state index is 0.0208. The van der Waals surface area contributed by atoms with Crippen LogP contribution in [-0.4, -0.2) is 92.5 Å². The molecule has 2 bridgehead atoms. The van der Waals surface area contributed by atoms with Gasteiger partial charge >= 0.3 is 12.4 Å². The van der Waals surface area contributed by atoms with Gasteiger partial charge in [0.1, 0.15) is 0 Å². The molecule has 0 aromatic carbocycles. The van der Waals surface area contributed by atoms with Crippen LogP contribution in [0.1, 0.15) is 86.0 Å². The van der Waals surface area contributed by atoms with Crippen LogP contribution in [0.3, 0.4) is 0 Å². The Labute approximate surface area is 297 Å². The van der Waals surface area contributed by atoms with E-state index in [9.17, 15) is 26.3 Å². The van der Waals surface area contributed by atoms with Gasteiger partial charge in [-0.3, -0.25) is 0 Å². The molecule has 2 aliphatic carbocycles. The zero-order valence-electron chi connectivity index (χ0n) is 30.8. The minimum Gasteiger partial charge on any atom is -0.459 e. The number of hydrogen-bond acceptors (Lipinski definition) is 8. The summed E-state index contributed by atoms with van der Waals surface area (Å²) in [4.78, 5) is 15.5. The number of alkyl halides is 6. The average Bonchev–Trinajstić information content (AvgIpc) is 3.37. The molecule has 0 amide bonds. The van der Waals surface area contributed by atoms with E-state index in [4.69, 9.17) is 28.7 Å². The summed E-state index contributed by atoms with van der Waals surface area (Å²) < 4.78 is 112. The van der Waals surface area contributed by atoms with Crippen molar-refractivity contribution in [3.05, 3.63) is 22.7 Å². The van der Waals surface area contributed by atoms with Gasteiger partial charge in [0.25, 0.3) is 0 Å². The molecular formula is C37H54F6N2O6. The van der Waals surface area contributed by atoms with Crippen LogP contribution in [0.4, 0.5) is 26.3 Å². The lowest BCUT2D eigenvalue weighted by molar-refractivity contribution is -0.557. The van der Waals surface area contributed by atoms with Crippen LogP contribution in [0.5, 0.6) is 0 Å². The molecule has 3 unspecified atom stereocenters. The molecule has 290 valence electrons. The highest BCUT2D eigenvalue weighted by atomic mass is 19.4. The van der Waals surface area contributed by atoms with E-state index in [1.165, 1.54) is 0 Å². The van der Waals surface area contributed by atoms with Gasteiger partial charge in [-0.25, -0.2) is 9.78 Å². The molecule has 0 aromatic rings. The summed E-state index contributed by atoms with van der Waals surface area (Å²) in [7, 11) is 3.49. The summed E-state index contributed by atoms with van der Waals surface area (Å²) in [5.41, 5.74) is -1.64. The SMILES string of the molecule is C[C@@H]1CC[C@@]2(C)C(CN(C)CCN(C)CC3=C(C(F)(F)F)O[C@@H]4OC5(C)CCC6[C@H](C)CC[C@@H]3[C@]64OO5)=C(C(F)(F)F)O[C@@H]3O[C@@H](C)CCC1[C@@H]32. The van der Waals surface area contributed by atoms with E-state index in [1.54, 1.807) is 25.9 Å². The lowest BCUT2D eigenvalue weighted by Gasteiger charge is -2.57. The van der Waals surface area contributed by atoms with E-state index < -0.39 is 59.2 Å². The molecule has 1 spiro atoms. The smallest absolute Gasteiger partial charge is 0.449 e. The minimum atomic E-state index is -4.76. The first-order valence-corrected chi connectivity index (χ1v) is 18.8. The fourth-order valence-electron chi connectivity index (χ4n) is 10.9. The number of rotatable bonds is 7. The standard InChI is InChI=1S/C37H54F6N2O6/c1-20-12-14-33(4)27(30(37(41,42)43)47-31-28(33)23(20)10-9-22(3)46-31)19-45(7)17-16-44(6)18-24-26-11-8-21(2)25-13-15-34(5)49-32(35(25,26)51-50-34)48-29(24)36(38,39)40/h20-23,25-26,28,31-32H,8-19H2,1-7H3/t20-,21-,22+,23?,25?,26+,28+,31+,32-,33+,34?,35-/m1/s1. The monoisotopic (exact) mass is 736 g/mol. The second-order valence-electron chi connectivity index (χ2n) is 17.2. The van der Waals surface area contributed by atoms with Crippen LogP contribution in [0, 0.1) is 40.9 Å². The van der Waals surface area contributed by atoms with Crippen molar-refractivity contribution in [2.75, 3.05) is 40.3 Å². The summed E-state index contributed by atoms with van der Waals surface area (Å²) in [5, 5.41) is 0. The lowest BCUT2D eigenvalue weighted by Crippen LogP contribution is -2.67. The van der Waals surface area contributed by atoms with Gasteiger partial charge < -0.3 is 28.7 Å². The molecule has 2 saturated carbocycles. The van der Waals surface area contributed by atoms with Crippen LogP contribution in [0.15, 0.2) is 22.7 Å². The van der Waals surface area contributed by atoms with Crippen molar-refractivity contribution in [3.8, 4) is 0 Å². The maximum Gasteiger partial charge on any atom is 0.449 e. The molecule has 4 saturated heterocycles. The topological polar surface area (TPSA) is 61.9 Å². The molecular weight excluding hydrogens is 682 g/mol. The Bertz CT molecular complexity index is 1410. The van der Waals surface area contributed by atoms with Crippen LogP contribution >= 0.6 is 0 Å². The van der Waals surface area contributed by atoms with E-state index in [0.29, 0.717) is 44.7 Å². The predicted octanol–water partition coefficient (Wildman–Crippen LogP) is 7.95. The largest absolute Gasteiger partial charge is 0.459 e. The maximum atomic E-state index is 14.7. The van der Waals surface area contributed by atoms with Crippen molar-refractivity contribution in [1.82, 2.24) is 9.80 Å². The summed E-state index contributed by atoms with van der Waals surface area (Å²) in [5.74, 6) is -3.47. The first kappa shape index (κ1) is 37.7. The van der Waals surface area contributed by atoms with Gasteiger partial charge in [0.05, 0.1) is 6.10 Å². The maximum absolute atomic E-state index is 14.7. The fraction of sp³-hybridized carbons (Fsp3) is 0.892. The molecule has 0 radical (unpaired) electrons. The molecule has 0 N–H and O–H groups in total. The Morgan fingerprint density at radius 2 is 1.43 bits per heavy atom. The van der Waals surface area contributed by atoms with E-state index in [0.717, 1.165) is 25.7 Å². The molecule has 6 aliphatic heterocycles. The first-order chi connectivity index (χ1) is 23.8. The van der Waals surface area contributed by atoms with Crippen molar-refractivity contribution in [2.45, 2.75) is 128 Å². The Balaban J connectivity index is 1.11. The third-order valence-corrected chi connectivity index (χ3v) is 13.7. The normalized spacial score (nSPS) is 44.1. The van der Waals surface area contributed by atoms with Crippen molar-refractivity contribution < 1.29 is 55.1 Å². The molecule has 51 heavy (non-hydrogen) atoms. The summed E-state index contributed by atoms with van der Waals surface area (Å²) >= 11 is 0. The predicted molar refractivity (Wildman–Crippen MR) is 173 cm³/mol. The van der Waals surface area contributed by atoms with Crippen LogP contribution < -0.4 is 0 Å². The Morgan fingerprint density at radius 3 is 2.12 bits per heavy atom. The van der Waals surface area contributed by atoms with Crippen LogP contribution in [0.2, 0.25) is 0 Å². The van der Waals surface area contributed by atoms with Gasteiger partial charge in [0.2, 0.25) is 29.9 Å². The molecule has 14 heteroatoms. The van der Waals surface area contributed by atoms with Crippen LogP contribution in [0.25, 0.3) is 0 Å². The Morgan fingerprint density at radius 1 is 0.745 bits per heavy atom. The number of halogens is 6. The lowest BCUT2D eigenvalue weighted by atomic mass is 9.54. The molecule has 8 rings (SSSR count). The van der Waals surface area contributed by atoms with Gasteiger partial charge in [-0.05, 0) is 102 Å². The highest BCUT2D eigenvalue weighted by Gasteiger charge is 2.70. The van der Waals surface area contributed by atoms with E-state index >= 15 is 0 Å². The number of nitrogens with zero attached hydrogens (tertiary/aromatic N) is 2. The van der Waals surface area contributed by atoms with Crippen molar-refractivity contribution in [3.63, 3.8) is 0 Å². The zero-order chi connectivity index (χ0) is 36.9. The van der Waals surface area contributed by atoms with E-state index in [2.05, 4.69) is 13.8 Å². The van der Waals surface area contributed by atoms with Gasteiger partial charge in [0.15, 0.2) is 5.60 Å². The Hall–Kier alpha value is -1.58. The quantitative estimate of drug-likeness (QED) is 0.193. The molecule has 6 fully saturated rings. The number of allylic oxidation sites excluding steroid dienone is 2. The van der Waals surface area contributed by atoms with Gasteiger partial charge in [-0.15, -0.1) is 0 Å². The third-order valence-electron chi connectivity index (χ3n) is 13.7. The van der Waals surface area contributed by atoms with Gasteiger partial charge in [-0.1, -0.05) is 20.8 Å². The first-order valence-electron chi connectivity index (χ1n) is 18.8. The number of ether oxygens (including phenoxy) is 4. The highest BCUT2D eigenvalue weighted by molar-refractivity contribution is 5.30. The summed E-state index contributed by atoms with van der Waals surface area (Å²) in [6.45, 7) is 10.4. The van der Waals surface area contributed by atoms with Gasteiger partial charge in [0, 0.05) is 55.8 Å². The van der Waals surface area contributed by atoms with Crippen molar-refractivity contribution in [1.29, 1.82) is 0 Å². The van der Waals surface area contributed by atoms with Crippen molar-refractivity contribution in [2.24, 2.45) is 40.9 Å². The zero-order valence-corrected chi connectivity index (χ0v) is 30.8. The van der Waals surface area contributed by atoms with E-state index in [-0.39, 0.29) is 54.0 Å². The Kier molecular flexibility index (Phi) is 9.64. The third kappa shape index (κ3) is 6.43. The number of likely N-dealkylation sites (N-methyl/N-ethyl adjacent to an activating group) is 2. The molecule has 12 atom stereocenters. The molecule has 8 aliphatic rings. The van der Waals surface area contributed by atoms with E-state index in [1.807, 2.05) is 18.7 Å². The molecule has 0 aromatic heterocycles. The van der Waals surface area contributed by atoms with Gasteiger partial charge in [-0.2, -0.15) is 26.3 Å². The molecule has 6 heterocycles. The second-order valence-corrected chi connectivity index (χ2v) is 17.2. The van der Waals surface area contributed by atoms with Crippen LogP contribution in [-0.2, 0) is 28.7 Å². The summed E-state index contributed by atoms with van der Waals surface area (Å²) in [6, 6.07) is 0. The second kappa shape index (κ2) is 13.0.